The average molecular weight is 643 g/mol. The molecule has 47 heavy (non-hydrogen) atoms. The topological polar surface area (TPSA) is 116 Å². The minimum absolute atomic E-state index is 0.0720. The monoisotopic (exact) mass is 642 g/mol. The summed E-state index contributed by atoms with van der Waals surface area (Å²) < 4.78 is 43.4. The maximum absolute atomic E-state index is 13.9. The zero-order valence-corrected chi connectivity index (χ0v) is 25.8. The molecule has 1 aliphatic rings. The van der Waals surface area contributed by atoms with Crippen molar-refractivity contribution in [2.45, 2.75) is 20.0 Å². The number of alkyl halides is 3. The Labute approximate surface area is 269 Å². The predicted molar refractivity (Wildman–Crippen MR) is 175 cm³/mol. The number of aryl methyl sites for hydroxylation is 1. The number of halogens is 3. The quantitative estimate of drug-likeness (QED) is 0.171. The second-order valence-electron chi connectivity index (χ2n) is 11.0. The first-order chi connectivity index (χ1) is 22.7. The number of amides is 1. The summed E-state index contributed by atoms with van der Waals surface area (Å²) >= 11 is 0. The van der Waals surface area contributed by atoms with E-state index in [4.69, 9.17) is 0 Å². The standard InChI is InChI=1S/C33H33F3N10O/c1-3-44-12-14-45(15-13-44)26-17-23(16-24(18-26)33(34,35)36)31(47)41-25-8-7-22(2)27(19-25)42-32-38-10-11-46(32)30-20-29(39-21-40-30)43-28-6-4-5-9-37-28/h4-11,16-21H,3,12-15H2,1-2H3,(H,38,42)(H,41,47)(H,37,39,40,43). The van der Waals surface area contributed by atoms with Crippen molar-refractivity contribution in [1.82, 2.24) is 29.4 Å². The molecule has 0 unspecified atom stereocenters. The van der Waals surface area contributed by atoms with E-state index in [1.54, 1.807) is 47.4 Å². The third kappa shape index (κ3) is 7.49. The Kier molecular flexibility index (Phi) is 9.02. The maximum atomic E-state index is 13.9. The van der Waals surface area contributed by atoms with Crippen LogP contribution in [0.25, 0.3) is 5.82 Å². The lowest BCUT2D eigenvalue weighted by Gasteiger charge is -2.36. The second-order valence-corrected chi connectivity index (χ2v) is 11.0. The van der Waals surface area contributed by atoms with Gasteiger partial charge >= 0.3 is 6.18 Å². The van der Waals surface area contributed by atoms with Gasteiger partial charge in [-0.15, -0.1) is 0 Å². The van der Waals surface area contributed by atoms with E-state index in [0.717, 1.165) is 37.3 Å². The van der Waals surface area contributed by atoms with Gasteiger partial charge in [0.1, 0.15) is 23.8 Å². The van der Waals surface area contributed by atoms with Gasteiger partial charge in [0.05, 0.1) is 5.56 Å². The molecule has 0 radical (unpaired) electrons. The molecule has 5 aromatic rings. The molecule has 242 valence electrons. The van der Waals surface area contributed by atoms with Crippen LogP contribution >= 0.6 is 0 Å². The fraction of sp³-hybridized carbons (Fsp3) is 0.242. The van der Waals surface area contributed by atoms with Crippen LogP contribution in [-0.2, 0) is 6.18 Å². The molecule has 0 bridgehead atoms. The molecule has 3 aromatic heterocycles. The number of rotatable bonds is 9. The maximum Gasteiger partial charge on any atom is 0.416 e. The van der Waals surface area contributed by atoms with Crippen molar-refractivity contribution in [2.24, 2.45) is 0 Å². The Morgan fingerprint density at radius 3 is 2.45 bits per heavy atom. The van der Waals surface area contributed by atoms with E-state index in [9.17, 15) is 18.0 Å². The number of anilines is 6. The highest BCUT2D eigenvalue weighted by molar-refractivity contribution is 6.05. The summed E-state index contributed by atoms with van der Waals surface area (Å²) in [6.07, 6.45) is 1.86. The zero-order valence-electron chi connectivity index (χ0n) is 25.8. The summed E-state index contributed by atoms with van der Waals surface area (Å²) in [7, 11) is 0. The number of piperazine rings is 1. The van der Waals surface area contributed by atoms with E-state index in [1.165, 1.54) is 12.4 Å². The Morgan fingerprint density at radius 1 is 0.872 bits per heavy atom. The minimum Gasteiger partial charge on any atom is -0.369 e. The molecule has 1 saturated heterocycles. The van der Waals surface area contributed by atoms with E-state index < -0.39 is 17.6 Å². The van der Waals surface area contributed by atoms with Gasteiger partial charge < -0.3 is 25.8 Å². The Bertz CT molecular complexity index is 1850. The van der Waals surface area contributed by atoms with Crippen molar-refractivity contribution >= 4 is 40.6 Å². The van der Waals surface area contributed by atoms with Crippen LogP contribution in [0.15, 0.2) is 85.6 Å². The molecule has 3 N–H and O–H groups in total. The number of carbonyl (C=O) groups is 1. The number of hydrogen-bond donors (Lipinski definition) is 3. The van der Waals surface area contributed by atoms with Crippen LogP contribution in [-0.4, -0.2) is 68.0 Å². The molecular weight excluding hydrogens is 609 g/mol. The molecule has 0 spiro atoms. The van der Waals surface area contributed by atoms with Crippen LogP contribution < -0.4 is 20.9 Å². The van der Waals surface area contributed by atoms with E-state index in [1.807, 2.05) is 30.0 Å². The van der Waals surface area contributed by atoms with Crippen molar-refractivity contribution in [3.8, 4) is 5.82 Å². The normalized spacial score (nSPS) is 13.8. The molecule has 6 rings (SSSR count). The van der Waals surface area contributed by atoms with Gasteiger partial charge in [-0.25, -0.2) is 19.9 Å². The number of carbonyl (C=O) groups excluding carboxylic acids is 1. The van der Waals surface area contributed by atoms with Crippen molar-refractivity contribution < 1.29 is 18.0 Å². The molecule has 1 fully saturated rings. The largest absolute Gasteiger partial charge is 0.416 e. The summed E-state index contributed by atoms with van der Waals surface area (Å²) in [5.41, 5.74) is 1.33. The average Bonchev–Trinajstić information content (AvgIpc) is 3.54. The lowest BCUT2D eigenvalue weighted by Crippen LogP contribution is -2.46. The molecule has 4 heterocycles. The van der Waals surface area contributed by atoms with E-state index in [-0.39, 0.29) is 5.56 Å². The van der Waals surface area contributed by atoms with Crippen molar-refractivity contribution in [2.75, 3.05) is 53.6 Å². The van der Waals surface area contributed by atoms with Gasteiger partial charge in [0.15, 0.2) is 0 Å². The number of likely N-dealkylation sites (N-methyl/N-ethyl adjacent to an activating group) is 1. The fourth-order valence-electron chi connectivity index (χ4n) is 5.26. The van der Waals surface area contributed by atoms with Crippen LogP contribution in [0, 0.1) is 6.92 Å². The fourth-order valence-corrected chi connectivity index (χ4v) is 5.26. The molecule has 1 amide bonds. The van der Waals surface area contributed by atoms with Crippen LogP contribution in [0.5, 0.6) is 0 Å². The number of nitrogens with zero attached hydrogens (tertiary/aromatic N) is 7. The van der Waals surface area contributed by atoms with Gasteiger partial charge in [0.25, 0.3) is 5.91 Å². The Morgan fingerprint density at radius 2 is 1.70 bits per heavy atom. The van der Waals surface area contributed by atoms with Crippen molar-refractivity contribution in [3.05, 3.63) is 102 Å². The summed E-state index contributed by atoms with van der Waals surface area (Å²) in [6.45, 7) is 7.46. The first-order valence-electron chi connectivity index (χ1n) is 15.1. The van der Waals surface area contributed by atoms with Gasteiger partial charge in [0, 0.05) is 73.5 Å². The lowest BCUT2D eigenvalue weighted by molar-refractivity contribution is -0.137. The van der Waals surface area contributed by atoms with Crippen LogP contribution in [0.1, 0.15) is 28.4 Å². The number of hydrogen-bond acceptors (Lipinski definition) is 9. The van der Waals surface area contributed by atoms with Gasteiger partial charge in [-0.3, -0.25) is 9.36 Å². The third-order valence-electron chi connectivity index (χ3n) is 7.90. The Hall–Kier alpha value is -5.50. The molecule has 11 nitrogen and oxygen atoms in total. The molecule has 0 atom stereocenters. The molecule has 1 aliphatic heterocycles. The first kappa shape index (κ1) is 31.5. The number of pyridine rings is 1. The van der Waals surface area contributed by atoms with Crippen LogP contribution in [0.3, 0.4) is 0 Å². The molecular formula is C33H33F3N10O. The molecule has 0 saturated carbocycles. The van der Waals surface area contributed by atoms with Gasteiger partial charge in [-0.05, 0) is 61.5 Å². The number of nitrogens with one attached hydrogen (secondary N) is 3. The van der Waals surface area contributed by atoms with Crippen LogP contribution in [0.4, 0.5) is 47.8 Å². The summed E-state index contributed by atoms with van der Waals surface area (Å²) in [5.74, 6) is 1.51. The zero-order chi connectivity index (χ0) is 33.0. The first-order valence-corrected chi connectivity index (χ1v) is 15.1. The van der Waals surface area contributed by atoms with E-state index in [0.29, 0.717) is 53.6 Å². The minimum atomic E-state index is -4.60. The second kappa shape index (κ2) is 13.5. The molecule has 2 aromatic carbocycles. The third-order valence-corrected chi connectivity index (χ3v) is 7.90. The van der Waals surface area contributed by atoms with Crippen LogP contribution in [0.2, 0.25) is 0 Å². The highest BCUT2D eigenvalue weighted by atomic mass is 19.4. The SMILES string of the molecule is CCN1CCN(c2cc(C(=O)Nc3ccc(C)c(Nc4nccn4-c4cc(Nc5ccccn5)ncn4)c3)cc(C(F)(F)F)c2)CC1. The highest BCUT2D eigenvalue weighted by Gasteiger charge is 2.33. The summed E-state index contributed by atoms with van der Waals surface area (Å²) in [5, 5.41) is 9.19. The Balaban J connectivity index is 1.21. The van der Waals surface area contributed by atoms with Crippen molar-refractivity contribution in [1.29, 1.82) is 0 Å². The number of benzene rings is 2. The molecule has 0 aliphatic carbocycles. The number of imidazole rings is 1. The number of aromatic nitrogens is 5. The molecule has 14 heteroatoms. The van der Waals surface area contributed by atoms with E-state index in [2.05, 4.69) is 47.7 Å². The van der Waals surface area contributed by atoms with Gasteiger partial charge in [-0.1, -0.05) is 19.1 Å². The lowest BCUT2D eigenvalue weighted by atomic mass is 10.1. The van der Waals surface area contributed by atoms with Crippen molar-refractivity contribution in [3.63, 3.8) is 0 Å². The summed E-state index contributed by atoms with van der Waals surface area (Å²) in [6, 6.07) is 16.0. The smallest absolute Gasteiger partial charge is 0.369 e. The van der Waals surface area contributed by atoms with Gasteiger partial charge in [0.2, 0.25) is 5.95 Å². The predicted octanol–water partition coefficient (Wildman–Crippen LogP) is 6.27. The van der Waals surface area contributed by atoms with E-state index >= 15 is 0 Å². The highest BCUT2D eigenvalue weighted by Crippen LogP contribution is 2.34. The summed E-state index contributed by atoms with van der Waals surface area (Å²) in [4.78, 5) is 34.8. The van der Waals surface area contributed by atoms with Gasteiger partial charge in [-0.2, -0.15) is 13.2 Å².